The fourth-order valence-electron chi connectivity index (χ4n) is 2.20. The molecule has 4 nitrogen and oxygen atoms in total. The molecule has 0 aromatic carbocycles. The zero-order valence-electron chi connectivity index (χ0n) is 12.0. The third kappa shape index (κ3) is 4.01. The first kappa shape index (κ1) is 14.5. The number of aryl methyl sites for hydroxylation is 1. The van der Waals surface area contributed by atoms with Crippen LogP contribution in [0.25, 0.3) is 0 Å². The average molecular weight is 281 g/mol. The molecule has 1 fully saturated rings. The van der Waals surface area contributed by atoms with Crippen LogP contribution in [-0.4, -0.2) is 35.4 Å². The van der Waals surface area contributed by atoms with E-state index in [1.807, 2.05) is 6.20 Å². The fraction of sp³-hybridized carbons (Fsp3) is 0.714. The van der Waals surface area contributed by atoms with Gasteiger partial charge in [-0.1, -0.05) is 13.8 Å². The van der Waals surface area contributed by atoms with Gasteiger partial charge in [0.05, 0.1) is 12.6 Å². The minimum atomic E-state index is 0.119. The van der Waals surface area contributed by atoms with Gasteiger partial charge in [0.15, 0.2) is 0 Å². The van der Waals surface area contributed by atoms with Crippen LogP contribution in [0.4, 0.5) is 0 Å². The van der Waals surface area contributed by atoms with E-state index in [1.54, 1.807) is 11.3 Å². The smallest absolute Gasteiger partial charge is 0.234 e. The minimum Gasteiger partial charge on any atom is -0.345 e. The van der Waals surface area contributed by atoms with Gasteiger partial charge in [0, 0.05) is 11.1 Å². The number of thiazole rings is 1. The number of amides is 1. The first-order valence-corrected chi connectivity index (χ1v) is 7.89. The summed E-state index contributed by atoms with van der Waals surface area (Å²) in [7, 11) is 0. The molecule has 1 N–H and O–H groups in total. The molecule has 1 saturated carbocycles. The average Bonchev–Trinajstić information content (AvgIpc) is 3.15. The SMILES string of the molecule is CCN(CC)CC(=O)N[C@H](c1ncc(C)s1)C1CC1. The van der Waals surface area contributed by atoms with Crippen molar-refractivity contribution in [1.29, 1.82) is 0 Å². The molecule has 1 heterocycles. The summed E-state index contributed by atoms with van der Waals surface area (Å²) in [5, 5.41) is 4.24. The van der Waals surface area contributed by atoms with Crippen molar-refractivity contribution in [2.45, 2.75) is 39.7 Å². The quantitative estimate of drug-likeness (QED) is 0.834. The first-order valence-electron chi connectivity index (χ1n) is 7.08. The summed E-state index contributed by atoms with van der Waals surface area (Å²) in [4.78, 5) is 19.9. The lowest BCUT2D eigenvalue weighted by atomic mass is 10.2. The number of hydrogen-bond acceptors (Lipinski definition) is 4. The molecule has 0 unspecified atom stereocenters. The Hall–Kier alpha value is -0.940. The van der Waals surface area contributed by atoms with Gasteiger partial charge >= 0.3 is 0 Å². The van der Waals surface area contributed by atoms with Gasteiger partial charge < -0.3 is 5.32 Å². The van der Waals surface area contributed by atoms with Gasteiger partial charge in [0.1, 0.15) is 5.01 Å². The monoisotopic (exact) mass is 281 g/mol. The van der Waals surface area contributed by atoms with Crippen molar-refractivity contribution >= 4 is 17.2 Å². The van der Waals surface area contributed by atoms with E-state index in [-0.39, 0.29) is 11.9 Å². The summed E-state index contributed by atoms with van der Waals surface area (Å²) < 4.78 is 0. The highest BCUT2D eigenvalue weighted by atomic mass is 32.1. The highest BCUT2D eigenvalue weighted by molar-refractivity contribution is 7.11. The molecule has 1 aromatic heterocycles. The van der Waals surface area contributed by atoms with Crippen LogP contribution < -0.4 is 5.32 Å². The van der Waals surface area contributed by atoms with E-state index in [0.717, 1.165) is 18.1 Å². The van der Waals surface area contributed by atoms with Crippen LogP contribution >= 0.6 is 11.3 Å². The molecular formula is C14H23N3OS. The van der Waals surface area contributed by atoms with Gasteiger partial charge in [-0.05, 0) is 38.8 Å². The van der Waals surface area contributed by atoms with Crippen molar-refractivity contribution in [3.05, 3.63) is 16.1 Å². The molecule has 106 valence electrons. The van der Waals surface area contributed by atoms with E-state index in [4.69, 9.17) is 0 Å². The second-order valence-electron chi connectivity index (χ2n) is 5.15. The Morgan fingerprint density at radius 2 is 2.21 bits per heavy atom. The van der Waals surface area contributed by atoms with Gasteiger partial charge in [-0.15, -0.1) is 11.3 Å². The van der Waals surface area contributed by atoms with Gasteiger partial charge in [-0.3, -0.25) is 9.69 Å². The summed E-state index contributed by atoms with van der Waals surface area (Å²) >= 11 is 1.70. The Morgan fingerprint density at radius 3 is 2.68 bits per heavy atom. The minimum absolute atomic E-state index is 0.119. The summed E-state index contributed by atoms with van der Waals surface area (Å²) in [6.45, 7) is 8.53. The highest BCUT2D eigenvalue weighted by Gasteiger charge is 2.35. The number of hydrogen-bond donors (Lipinski definition) is 1. The molecule has 0 saturated heterocycles. The maximum absolute atomic E-state index is 12.1. The number of carbonyl (C=O) groups excluding carboxylic acids is 1. The van der Waals surface area contributed by atoms with Crippen molar-refractivity contribution in [1.82, 2.24) is 15.2 Å². The largest absolute Gasteiger partial charge is 0.345 e. The first-order chi connectivity index (χ1) is 9.13. The molecule has 1 atom stereocenters. The molecule has 1 aliphatic rings. The Balaban J connectivity index is 1.95. The van der Waals surface area contributed by atoms with Gasteiger partial charge in [0.2, 0.25) is 5.91 Å². The number of rotatable bonds is 7. The van der Waals surface area contributed by atoms with Crippen molar-refractivity contribution in [3.63, 3.8) is 0 Å². The highest BCUT2D eigenvalue weighted by Crippen LogP contribution is 2.41. The molecule has 5 heteroatoms. The number of nitrogens with zero attached hydrogens (tertiary/aromatic N) is 2. The maximum Gasteiger partial charge on any atom is 0.234 e. The fourth-order valence-corrected chi connectivity index (χ4v) is 3.12. The van der Waals surface area contributed by atoms with Crippen molar-refractivity contribution in [2.75, 3.05) is 19.6 Å². The second-order valence-corrected chi connectivity index (χ2v) is 6.42. The van der Waals surface area contributed by atoms with Gasteiger partial charge in [0.25, 0.3) is 0 Å². The number of carbonyl (C=O) groups is 1. The molecule has 1 aliphatic carbocycles. The van der Waals surface area contributed by atoms with Crippen molar-refractivity contribution in [3.8, 4) is 0 Å². The third-order valence-electron chi connectivity index (χ3n) is 3.58. The maximum atomic E-state index is 12.1. The van der Waals surface area contributed by atoms with E-state index >= 15 is 0 Å². The third-order valence-corrected chi connectivity index (χ3v) is 4.57. The van der Waals surface area contributed by atoms with Crippen LogP contribution in [0, 0.1) is 12.8 Å². The second kappa shape index (κ2) is 6.48. The Kier molecular flexibility index (Phi) is 4.93. The van der Waals surface area contributed by atoms with Gasteiger partial charge in [-0.25, -0.2) is 4.98 Å². The van der Waals surface area contributed by atoms with Crippen LogP contribution in [-0.2, 0) is 4.79 Å². The van der Waals surface area contributed by atoms with Crippen LogP contribution in [0.5, 0.6) is 0 Å². The number of likely N-dealkylation sites (N-methyl/N-ethyl adjacent to an activating group) is 1. The van der Waals surface area contributed by atoms with E-state index in [2.05, 4.69) is 36.0 Å². The predicted octanol–water partition coefficient (Wildman–Crippen LogP) is 2.36. The molecule has 1 aromatic rings. The van der Waals surface area contributed by atoms with Crippen molar-refractivity contribution < 1.29 is 4.79 Å². The van der Waals surface area contributed by atoms with E-state index in [0.29, 0.717) is 12.5 Å². The van der Waals surface area contributed by atoms with Crippen LogP contribution in [0.15, 0.2) is 6.20 Å². The number of nitrogens with one attached hydrogen (secondary N) is 1. The Morgan fingerprint density at radius 1 is 1.53 bits per heavy atom. The zero-order valence-corrected chi connectivity index (χ0v) is 12.8. The molecule has 0 radical (unpaired) electrons. The molecule has 0 bridgehead atoms. The van der Waals surface area contributed by atoms with Crippen LogP contribution in [0.1, 0.15) is 42.6 Å². The van der Waals surface area contributed by atoms with Gasteiger partial charge in [-0.2, -0.15) is 0 Å². The summed E-state index contributed by atoms with van der Waals surface area (Å²) in [5.41, 5.74) is 0. The molecule has 19 heavy (non-hydrogen) atoms. The zero-order chi connectivity index (χ0) is 13.8. The lowest BCUT2D eigenvalue weighted by Crippen LogP contribution is -2.39. The van der Waals surface area contributed by atoms with Crippen LogP contribution in [0.3, 0.4) is 0 Å². The predicted molar refractivity (Wildman–Crippen MR) is 78.2 cm³/mol. The lowest BCUT2D eigenvalue weighted by Gasteiger charge is -2.20. The lowest BCUT2D eigenvalue weighted by molar-refractivity contribution is -0.123. The van der Waals surface area contributed by atoms with Crippen molar-refractivity contribution in [2.24, 2.45) is 5.92 Å². The molecule has 1 amide bonds. The van der Waals surface area contributed by atoms with E-state index in [9.17, 15) is 4.79 Å². The summed E-state index contributed by atoms with van der Waals surface area (Å²) in [6.07, 6.45) is 4.30. The molecule has 2 rings (SSSR count). The summed E-state index contributed by atoms with van der Waals surface area (Å²) in [6, 6.07) is 0.127. The standard InChI is InChI=1S/C14H23N3OS/c1-4-17(5-2)9-12(18)16-13(11-6-7-11)14-15-8-10(3)19-14/h8,11,13H,4-7,9H2,1-3H3,(H,16,18)/t13-/m0/s1. The normalized spacial score (nSPS) is 16.6. The van der Waals surface area contributed by atoms with Crippen LogP contribution in [0.2, 0.25) is 0 Å². The molecular weight excluding hydrogens is 258 g/mol. The Bertz CT molecular complexity index is 424. The summed E-state index contributed by atoms with van der Waals surface area (Å²) in [5.74, 6) is 0.708. The van der Waals surface area contributed by atoms with E-state index < -0.39 is 0 Å². The Labute approximate surface area is 119 Å². The molecule has 0 aliphatic heterocycles. The molecule has 0 spiro atoms. The topological polar surface area (TPSA) is 45.2 Å². The van der Waals surface area contributed by atoms with E-state index in [1.165, 1.54) is 17.7 Å². The number of aromatic nitrogens is 1.